The minimum absolute atomic E-state index is 0.118. The molecule has 0 unspecified atom stereocenters. The molecule has 0 aliphatic carbocycles. The maximum atomic E-state index is 12.5. The predicted octanol–water partition coefficient (Wildman–Crippen LogP) is 2.45. The van der Waals surface area contributed by atoms with Gasteiger partial charge in [0.15, 0.2) is 5.78 Å². The number of hydrogen-bond donors (Lipinski definition) is 0. The number of ketones is 1. The second-order valence-electron chi connectivity index (χ2n) is 4.93. The molecule has 0 aromatic heterocycles. The van der Waals surface area contributed by atoms with Crippen molar-refractivity contribution in [2.75, 3.05) is 6.61 Å². The molecule has 25 heavy (non-hydrogen) atoms. The van der Waals surface area contributed by atoms with Crippen molar-refractivity contribution in [1.29, 1.82) is 0 Å². The fourth-order valence-corrected chi connectivity index (χ4v) is 1.76. The number of nitrogens with zero attached hydrogens (tertiary/aromatic N) is 1. The lowest BCUT2D eigenvalue weighted by Gasteiger charge is -2.23. The van der Waals surface area contributed by atoms with Crippen molar-refractivity contribution in [3.63, 3.8) is 0 Å². The molecule has 0 aliphatic rings. The summed E-state index contributed by atoms with van der Waals surface area (Å²) >= 11 is 0. The number of nitro groups is 1. The van der Waals surface area contributed by atoms with Gasteiger partial charge >= 0.3 is 11.9 Å². The van der Waals surface area contributed by atoms with Crippen LogP contribution >= 0.6 is 0 Å². The lowest BCUT2D eigenvalue weighted by Crippen LogP contribution is -2.34. The summed E-state index contributed by atoms with van der Waals surface area (Å²) in [5.74, 6) is -3.58. The average molecular weight is 355 g/mol. The molecule has 0 saturated carbocycles. The van der Waals surface area contributed by atoms with Crippen LogP contribution in [0.5, 0.6) is 0 Å². The number of esters is 2. The molecule has 1 aromatic carbocycles. The molecule has 0 saturated heterocycles. The summed E-state index contributed by atoms with van der Waals surface area (Å²) in [6.07, 6.45) is 0.862. The summed E-state index contributed by atoms with van der Waals surface area (Å²) in [4.78, 5) is 46.2. The zero-order valence-corrected chi connectivity index (χ0v) is 13.4. The smallest absolute Gasteiger partial charge is 0.341 e. The van der Waals surface area contributed by atoms with Crippen molar-refractivity contribution in [1.82, 2.24) is 0 Å². The Labute approximate surface area is 153 Å². The fraction of sp³-hybridized carbons (Fsp3) is 0.353. The van der Waals surface area contributed by atoms with Gasteiger partial charge in [-0.25, -0.2) is 4.79 Å². The van der Waals surface area contributed by atoms with E-state index in [0.29, 0.717) is 0 Å². The first-order valence-corrected chi connectivity index (χ1v) is 6.86. The molecule has 0 spiro atoms. The van der Waals surface area contributed by atoms with Crippen molar-refractivity contribution in [2.24, 2.45) is 0 Å². The van der Waals surface area contributed by atoms with E-state index in [-0.39, 0.29) is 5.56 Å². The Balaban J connectivity index is 3.38. The monoisotopic (exact) mass is 355 g/mol. The summed E-state index contributed by atoms with van der Waals surface area (Å²) in [5, 5.41) is 11.1. The van der Waals surface area contributed by atoms with E-state index in [2.05, 4.69) is 4.74 Å². The van der Waals surface area contributed by atoms with Gasteiger partial charge in [0.1, 0.15) is 17.8 Å². The third kappa shape index (κ3) is 6.17. The van der Waals surface area contributed by atoms with Crippen molar-refractivity contribution in [3.05, 3.63) is 45.5 Å². The first kappa shape index (κ1) is 12.3. The largest absolute Gasteiger partial charge is 0.458 e. The van der Waals surface area contributed by atoms with E-state index >= 15 is 0 Å². The molecule has 0 N–H and O–H groups in total. The summed E-state index contributed by atoms with van der Waals surface area (Å²) < 4.78 is 54.5. The van der Waals surface area contributed by atoms with Gasteiger partial charge in [-0.05, 0) is 32.8 Å². The maximum Gasteiger partial charge on any atom is 0.341 e. The van der Waals surface area contributed by atoms with Crippen molar-refractivity contribution in [3.8, 4) is 0 Å². The normalized spacial score (nSPS) is 16.2. The fourth-order valence-electron chi connectivity index (χ4n) is 1.76. The van der Waals surface area contributed by atoms with Gasteiger partial charge in [-0.2, -0.15) is 0 Å². The number of carbonyl (C=O) groups excluding carboxylic acids is 3. The second-order valence-corrected chi connectivity index (χ2v) is 4.93. The Kier molecular flexibility index (Phi) is 4.04. The van der Waals surface area contributed by atoms with Gasteiger partial charge in [-0.1, -0.05) is 12.1 Å². The number of carbonyl (C=O) groups is 3. The topological polar surface area (TPSA) is 113 Å². The minimum atomic E-state index is -3.43. The third-order valence-corrected chi connectivity index (χ3v) is 2.76. The molecule has 0 bridgehead atoms. The van der Waals surface area contributed by atoms with Crippen molar-refractivity contribution in [2.45, 2.75) is 33.2 Å². The van der Waals surface area contributed by atoms with Crippen molar-refractivity contribution >= 4 is 29.5 Å². The molecule has 0 fully saturated rings. The van der Waals surface area contributed by atoms with Crippen LogP contribution in [0.15, 0.2) is 29.8 Å². The molecule has 0 heterocycles. The van der Waals surface area contributed by atoms with Crippen LogP contribution in [-0.4, -0.2) is 34.9 Å². The number of rotatable bonds is 7. The molecule has 0 radical (unpaired) electrons. The first-order chi connectivity index (χ1) is 14.0. The maximum absolute atomic E-state index is 12.5. The lowest BCUT2D eigenvalue weighted by atomic mass is 10.1. The lowest BCUT2D eigenvalue weighted by molar-refractivity contribution is -0.385. The highest BCUT2D eigenvalue weighted by Gasteiger charge is 2.26. The number of hydrogen-bond acceptors (Lipinski definition) is 7. The molecule has 8 heteroatoms. The van der Waals surface area contributed by atoms with Gasteiger partial charge in [-0.15, -0.1) is 0 Å². The molecule has 0 aliphatic heterocycles. The summed E-state index contributed by atoms with van der Waals surface area (Å²) in [5.41, 5.74) is -4.44. The molecule has 0 atom stereocenters. The van der Waals surface area contributed by atoms with Crippen LogP contribution < -0.4 is 0 Å². The van der Waals surface area contributed by atoms with Crippen LogP contribution in [0.4, 0.5) is 5.69 Å². The number of benzene rings is 1. The zero-order chi connectivity index (χ0) is 24.2. The average Bonchev–Trinajstić information content (AvgIpc) is 2.60. The molecule has 1 rings (SSSR count). The van der Waals surface area contributed by atoms with E-state index in [1.807, 2.05) is 0 Å². The van der Waals surface area contributed by atoms with Crippen LogP contribution in [0.25, 0.3) is 6.08 Å². The Morgan fingerprint density at radius 2 is 1.92 bits per heavy atom. The molecule has 8 nitrogen and oxygen atoms in total. The highest BCUT2D eigenvalue weighted by Crippen LogP contribution is 2.21. The molecule has 0 amide bonds. The predicted molar refractivity (Wildman–Crippen MR) is 88.6 cm³/mol. The van der Waals surface area contributed by atoms with Gasteiger partial charge in [-0.3, -0.25) is 19.7 Å². The Bertz CT molecular complexity index is 906. The van der Waals surface area contributed by atoms with Crippen LogP contribution in [0, 0.1) is 10.1 Å². The van der Waals surface area contributed by atoms with Crippen LogP contribution in [0.1, 0.15) is 41.3 Å². The van der Waals surface area contributed by atoms with Gasteiger partial charge in [0.2, 0.25) is 0 Å². The summed E-state index contributed by atoms with van der Waals surface area (Å²) in [7, 11) is 0. The first-order valence-electron chi connectivity index (χ1n) is 9.86. The van der Waals surface area contributed by atoms with E-state index < -0.39 is 59.8 Å². The Morgan fingerprint density at radius 1 is 1.28 bits per heavy atom. The number of para-hydroxylation sites is 1. The van der Waals surface area contributed by atoms with Crippen molar-refractivity contribution < 1.29 is 37.0 Å². The standard InChI is InChI=1S/C17H19NO7/c1-11(19)14(9-13-7-5-6-8-15(13)18(22)23)16(21)24-10-17(3,4)25-12(2)20/h5-9H,10H2,1-4H3/b14-9+/i3D3,4D3. The van der Waals surface area contributed by atoms with E-state index in [4.69, 9.17) is 13.0 Å². The van der Waals surface area contributed by atoms with E-state index in [1.165, 1.54) is 18.2 Å². The third-order valence-electron chi connectivity index (χ3n) is 2.76. The summed E-state index contributed by atoms with van der Waals surface area (Å²) in [6.45, 7) is -6.54. The highest BCUT2D eigenvalue weighted by molar-refractivity contribution is 6.20. The van der Waals surface area contributed by atoms with Gasteiger partial charge in [0.25, 0.3) is 5.69 Å². The zero-order valence-electron chi connectivity index (χ0n) is 19.4. The molecular weight excluding hydrogens is 330 g/mol. The quantitative estimate of drug-likeness (QED) is 0.184. The van der Waals surface area contributed by atoms with E-state index in [9.17, 15) is 24.5 Å². The molecular formula is C17H19NO7. The minimum Gasteiger partial charge on any atom is -0.458 e. The van der Waals surface area contributed by atoms with Gasteiger partial charge in [0, 0.05) is 21.2 Å². The number of Topliss-reactive ketones (excluding diaryl/α,β-unsaturated/α-hetero) is 1. The van der Waals surface area contributed by atoms with E-state index in [1.54, 1.807) is 0 Å². The number of nitro benzene ring substituents is 1. The van der Waals surface area contributed by atoms with Gasteiger partial charge < -0.3 is 9.47 Å². The highest BCUT2D eigenvalue weighted by atomic mass is 16.6. The summed E-state index contributed by atoms with van der Waals surface area (Å²) in [6, 6.07) is 5.16. The molecule has 1 aromatic rings. The van der Waals surface area contributed by atoms with Crippen LogP contribution in [0.2, 0.25) is 0 Å². The Morgan fingerprint density at radius 3 is 2.44 bits per heavy atom. The van der Waals surface area contributed by atoms with Crippen LogP contribution in [-0.2, 0) is 23.9 Å². The van der Waals surface area contributed by atoms with Crippen LogP contribution in [0.3, 0.4) is 0 Å². The molecule has 134 valence electrons. The Hall–Kier alpha value is -3.03. The second kappa shape index (κ2) is 8.18. The SMILES string of the molecule is [2H]C([2H])([2H])C(COC(=O)/C(=C/c1ccccc1[N+](=O)[O-])C(C)=O)(OC(C)=O)C([2H])([2H])[2H]. The van der Waals surface area contributed by atoms with Gasteiger partial charge in [0.05, 0.1) is 10.5 Å². The van der Waals surface area contributed by atoms with E-state index in [0.717, 1.165) is 26.0 Å². The number of ether oxygens (including phenoxy) is 2.